The number of carbonyl (C=O) groups is 1. The molecule has 0 amide bonds. The minimum Gasteiger partial charge on any atom is -0.421 e. The van der Waals surface area contributed by atoms with E-state index in [2.05, 4.69) is 5.32 Å². The van der Waals surface area contributed by atoms with Gasteiger partial charge in [-0.1, -0.05) is 17.7 Å². The van der Waals surface area contributed by atoms with Gasteiger partial charge in [0.25, 0.3) is 5.69 Å². The number of nitrogens with one attached hydrogen (secondary N) is 1. The molecule has 22 heavy (non-hydrogen) atoms. The molecule has 7 heteroatoms. The molecule has 0 saturated carbocycles. The van der Waals surface area contributed by atoms with E-state index < -0.39 is 10.9 Å². The zero-order valence-electron chi connectivity index (χ0n) is 11.9. The highest BCUT2D eigenvalue weighted by Gasteiger charge is 2.19. The van der Waals surface area contributed by atoms with Gasteiger partial charge in [-0.3, -0.25) is 10.1 Å². The minimum atomic E-state index is -0.722. The lowest BCUT2D eigenvalue weighted by molar-refractivity contribution is -0.384. The number of nitro groups is 1. The molecule has 0 fully saturated rings. The van der Waals surface area contributed by atoms with Crippen LogP contribution in [0.3, 0.4) is 0 Å². The number of carbonyl (C=O) groups excluding carboxylic acids is 1. The van der Waals surface area contributed by atoms with Crippen molar-refractivity contribution in [2.45, 2.75) is 6.92 Å². The molecule has 2 aromatic rings. The number of hydrogen-bond donors (Lipinski definition) is 1. The van der Waals surface area contributed by atoms with Gasteiger partial charge < -0.3 is 10.1 Å². The zero-order valence-corrected chi connectivity index (χ0v) is 12.7. The van der Waals surface area contributed by atoms with Crippen LogP contribution in [0.1, 0.15) is 15.9 Å². The molecule has 0 aliphatic heterocycles. The predicted octanol–water partition coefficient (Wildman–Crippen LogP) is 3.82. The molecule has 0 atom stereocenters. The number of nitrogens with zero attached hydrogens (tertiary/aromatic N) is 1. The summed E-state index contributed by atoms with van der Waals surface area (Å²) in [5.74, 6) is -0.513. The Morgan fingerprint density at radius 1 is 1.27 bits per heavy atom. The maximum Gasteiger partial charge on any atom is 0.345 e. The molecule has 0 aliphatic carbocycles. The van der Waals surface area contributed by atoms with Gasteiger partial charge in [0.2, 0.25) is 0 Å². The number of anilines is 1. The molecule has 0 spiro atoms. The Bertz CT molecular complexity index is 746. The third-order valence-electron chi connectivity index (χ3n) is 2.99. The number of ether oxygens (including phenoxy) is 1. The Morgan fingerprint density at radius 3 is 2.64 bits per heavy atom. The second-order valence-electron chi connectivity index (χ2n) is 4.56. The Kier molecular flexibility index (Phi) is 4.62. The van der Waals surface area contributed by atoms with Crippen LogP contribution in [0.4, 0.5) is 11.4 Å². The summed E-state index contributed by atoms with van der Waals surface area (Å²) < 4.78 is 5.26. The summed E-state index contributed by atoms with van der Waals surface area (Å²) in [5.41, 5.74) is 1.18. The van der Waals surface area contributed by atoms with Crippen LogP contribution >= 0.6 is 11.6 Å². The molecular formula is C15H13ClN2O4. The van der Waals surface area contributed by atoms with Gasteiger partial charge in [-0.15, -0.1) is 0 Å². The third-order valence-corrected chi connectivity index (χ3v) is 3.30. The number of hydrogen-bond acceptors (Lipinski definition) is 5. The van der Waals surface area contributed by atoms with Gasteiger partial charge in [0, 0.05) is 24.9 Å². The second-order valence-corrected chi connectivity index (χ2v) is 4.97. The fourth-order valence-electron chi connectivity index (χ4n) is 1.88. The SMILES string of the molecule is CNc1ccc([N+](=O)[O-])cc1C(=O)Oc1cc(C)ccc1Cl. The van der Waals surface area contributed by atoms with E-state index in [0.717, 1.165) is 11.6 Å². The molecule has 0 aliphatic rings. The van der Waals surface area contributed by atoms with Gasteiger partial charge in [-0.05, 0) is 30.7 Å². The lowest BCUT2D eigenvalue weighted by Crippen LogP contribution is -2.12. The van der Waals surface area contributed by atoms with Crippen molar-refractivity contribution in [3.8, 4) is 5.75 Å². The summed E-state index contributed by atoms with van der Waals surface area (Å²) >= 11 is 5.98. The summed E-state index contributed by atoms with van der Waals surface area (Å²) in [6.07, 6.45) is 0. The molecule has 0 unspecified atom stereocenters. The standard InChI is InChI=1S/C15H13ClN2O4/c1-9-3-5-12(16)14(7-9)22-15(19)11-8-10(18(20)21)4-6-13(11)17-2/h3-8,17H,1-2H3. The number of halogens is 1. The molecule has 0 aromatic heterocycles. The number of aryl methyl sites for hydroxylation is 1. The van der Waals surface area contributed by atoms with Crippen LogP contribution in [0.2, 0.25) is 5.02 Å². The molecule has 0 saturated heterocycles. The highest BCUT2D eigenvalue weighted by Crippen LogP contribution is 2.28. The molecule has 2 rings (SSSR count). The first kappa shape index (κ1) is 15.8. The highest BCUT2D eigenvalue weighted by atomic mass is 35.5. The maximum absolute atomic E-state index is 12.3. The maximum atomic E-state index is 12.3. The molecule has 1 N–H and O–H groups in total. The fraction of sp³-hybridized carbons (Fsp3) is 0.133. The van der Waals surface area contributed by atoms with Gasteiger partial charge >= 0.3 is 5.97 Å². The van der Waals surface area contributed by atoms with Crippen LogP contribution in [-0.4, -0.2) is 17.9 Å². The Hall–Kier alpha value is -2.60. The summed E-state index contributed by atoms with van der Waals surface area (Å²) in [6, 6.07) is 8.95. The number of esters is 1. The highest BCUT2D eigenvalue weighted by molar-refractivity contribution is 6.32. The quantitative estimate of drug-likeness (QED) is 0.401. The van der Waals surface area contributed by atoms with Gasteiger partial charge in [0.05, 0.1) is 15.5 Å². The first-order valence-electron chi connectivity index (χ1n) is 6.37. The summed E-state index contributed by atoms with van der Waals surface area (Å²) in [4.78, 5) is 22.6. The van der Waals surface area contributed by atoms with Gasteiger partial charge in [0.15, 0.2) is 0 Å². The largest absolute Gasteiger partial charge is 0.421 e. The van der Waals surface area contributed by atoms with Crippen molar-refractivity contribution in [3.05, 3.63) is 62.7 Å². The van der Waals surface area contributed by atoms with E-state index in [0.29, 0.717) is 5.69 Å². The lowest BCUT2D eigenvalue weighted by Gasteiger charge is -2.10. The van der Waals surface area contributed by atoms with Gasteiger partial charge in [-0.2, -0.15) is 0 Å². The van der Waals surface area contributed by atoms with E-state index in [4.69, 9.17) is 16.3 Å². The Morgan fingerprint density at radius 2 is 2.00 bits per heavy atom. The second kappa shape index (κ2) is 6.44. The smallest absolute Gasteiger partial charge is 0.345 e. The third kappa shape index (κ3) is 3.35. The van der Waals surface area contributed by atoms with E-state index in [1.165, 1.54) is 12.1 Å². The van der Waals surface area contributed by atoms with E-state index in [9.17, 15) is 14.9 Å². The van der Waals surface area contributed by atoms with E-state index >= 15 is 0 Å². The van der Waals surface area contributed by atoms with Crippen molar-refractivity contribution in [1.29, 1.82) is 0 Å². The molecule has 6 nitrogen and oxygen atoms in total. The first-order valence-corrected chi connectivity index (χ1v) is 6.74. The fourth-order valence-corrected chi connectivity index (χ4v) is 2.03. The van der Waals surface area contributed by atoms with Crippen LogP contribution in [-0.2, 0) is 0 Å². The van der Waals surface area contributed by atoms with Gasteiger partial charge in [-0.25, -0.2) is 4.79 Å². The van der Waals surface area contributed by atoms with Crippen LogP contribution in [0.5, 0.6) is 5.75 Å². The normalized spacial score (nSPS) is 10.1. The number of nitro benzene ring substituents is 1. The van der Waals surface area contributed by atoms with Crippen LogP contribution < -0.4 is 10.1 Å². The van der Waals surface area contributed by atoms with Crippen LogP contribution in [0.15, 0.2) is 36.4 Å². The number of non-ortho nitro benzene ring substituents is 1. The van der Waals surface area contributed by atoms with E-state index in [-0.39, 0.29) is 22.0 Å². The topological polar surface area (TPSA) is 81.5 Å². The van der Waals surface area contributed by atoms with Crippen molar-refractivity contribution in [1.82, 2.24) is 0 Å². The molecule has 2 aromatic carbocycles. The molecule has 0 bridgehead atoms. The number of benzene rings is 2. The summed E-state index contributed by atoms with van der Waals surface area (Å²) in [7, 11) is 1.61. The van der Waals surface area contributed by atoms with Crippen molar-refractivity contribution >= 4 is 28.9 Å². The molecular weight excluding hydrogens is 308 g/mol. The number of rotatable bonds is 4. The van der Waals surface area contributed by atoms with E-state index in [1.54, 1.807) is 25.2 Å². The average molecular weight is 321 g/mol. The molecule has 0 radical (unpaired) electrons. The van der Waals surface area contributed by atoms with Crippen molar-refractivity contribution in [3.63, 3.8) is 0 Å². The summed E-state index contributed by atoms with van der Waals surface area (Å²) in [6.45, 7) is 1.83. The van der Waals surface area contributed by atoms with Crippen molar-refractivity contribution in [2.75, 3.05) is 12.4 Å². The van der Waals surface area contributed by atoms with Crippen molar-refractivity contribution in [2.24, 2.45) is 0 Å². The monoisotopic (exact) mass is 320 g/mol. The van der Waals surface area contributed by atoms with Crippen molar-refractivity contribution < 1.29 is 14.5 Å². The minimum absolute atomic E-state index is 0.0641. The zero-order chi connectivity index (χ0) is 16.3. The van der Waals surface area contributed by atoms with E-state index in [1.807, 2.05) is 6.92 Å². The van der Waals surface area contributed by atoms with Crippen LogP contribution in [0.25, 0.3) is 0 Å². The first-order chi connectivity index (χ1) is 10.4. The summed E-state index contributed by atoms with van der Waals surface area (Å²) in [5, 5.41) is 13.9. The molecule has 0 heterocycles. The average Bonchev–Trinajstić information content (AvgIpc) is 2.50. The lowest BCUT2D eigenvalue weighted by atomic mass is 10.1. The van der Waals surface area contributed by atoms with Crippen LogP contribution in [0, 0.1) is 17.0 Å². The predicted molar refractivity (Wildman–Crippen MR) is 83.8 cm³/mol. The Balaban J connectivity index is 2.38. The molecule has 114 valence electrons. The Labute approximate surface area is 131 Å². The van der Waals surface area contributed by atoms with Gasteiger partial charge in [0.1, 0.15) is 5.75 Å².